The van der Waals surface area contributed by atoms with Gasteiger partial charge in [0.15, 0.2) is 5.13 Å². The van der Waals surface area contributed by atoms with Gasteiger partial charge < -0.3 is 10.2 Å². The number of nitrogens with zero attached hydrogens (tertiary/aromatic N) is 2. The third kappa shape index (κ3) is 2.74. The van der Waals surface area contributed by atoms with Crippen LogP contribution in [0.15, 0.2) is 0 Å². The van der Waals surface area contributed by atoms with E-state index in [1.54, 1.807) is 0 Å². The first-order chi connectivity index (χ1) is 7.74. The van der Waals surface area contributed by atoms with E-state index in [9.17, 15) is 0 Å². The lowest BCUT2D eigenvalue weighted by molar-refractivity contribution is 0.780. The van der Waals surface area contributed by atoms with Gasteiger partial charge in [-0.3, -0.25) is 0 Å². The van der Waals surface area contributed by atoms with Crippen LogP contribution in [0.25, 0.3) is 0 Å². The summed E-state index contributed by atoms with van der Waals surface area (Å²) in [6.07, 6.45) is 3.84. The first kappa shape index (κ1) is 11.9. The molecule has 3 nitrogen and oxygen atoms in total. The topological polar surface area (TPSA) is 28.2 Å². The molecule has 0 aromatic carbocycles. The zero-order valence-electron chi connectivity index (χ0n) is 10.4. The molecule has 1 aromatic rings. The number of anilines is 1. The van der Waals surface area contributed by atoms with Gasteiger partial charge in [0.1, 0.15) is 0 Å². The van der Waals surface area contributed by atoms with Gasteiger partial charge in [-0.2, -0.15) is 0 Å². The van der Waals surface area contributed by atoms with Crippen LogP contribution in [0.1, 0.15) is 30.3 Å². The van der Waals surface area contributed by atoms with Crippen LogP contribution in [0.3, 0.4) is 0 Å². The van der Waals surface area contributed by atoms with Crippen LogP contribution in [0.2, 0.25) is 0 Å². The van der Waals surface area contributed by atoms with Crippen molar-refractivity contribution in [2.45, 2.75) is 32.7 Å². The monoisotopic (exact) mass is 239 g/mol. The van der Waals surface area contributed by atoms with Crippen molar-refractivity contribution in [2.24, 2.45) is 5.92 Å². The van der Waals surface area contributed by atoms with Crippen molar-refractivity contribution in [2.75, 3.05) is 25.5 Å². The highest BCUT2D eigenvalue weighted by Crippen LogP contribution is 2.33. The minimum Gasteiger partial charge on any atom is -0.351 e. The number of hydrogen-bond donors (Lipinski definition) is 1. The minimum absolute atomic E-state index is 0.923. The van der Waals surface area contributed by atoms with Crippen molar-refractivity contribution in [3.05, 3.63) is 10.6 Å². The van der Waals surface area contributed by atoms with E-state index in [1.807, 2.05) is 18.4 Å². The van der Waals surface area contributed by atoms with E-state index in [0.717, 1.165) is 18.9 Å². The molecule has 4 heteroatoms. The molecule has 0 aliphatic heterocycles. The van der Waals surface area contributed by atoms with Crippen molar-refractivity contribution in [1.29, 1.82) is 0 Å². The van der Waals surface area contributed by atoms with Crippen LogP contribution in [-0.2, 0) is 13.0 Å². The molecule has 1 fully saturated rings. The fraction of sp³-hybridized carbons (Fsp3) is 0.750. The van der Waals surface area contributed by atoms with Gasteiger partial charge in [0.05, 0.1) is 5.69 Å². The SMILES string of the molecule is CCc1nc(N(C)CC2CC2)sc1CNC. The molecule has 1 aliphatic carbocycles. The van der Waals surface area contributed by atoms with Crippen LogP contribution < -0.4 is 10.2 Å². The average Bonchev–Trinajstić information content (AvgIpc) is 2.97. The van der Waals surface area contributed by atoms with E-state index in [1.165, 1.54) is 35.1 Å². The number of aryl methyl sites for hydroxylation is 1. The molecule has 16 heavy (non-hydrogen) atoms. The smallest absolute Gasteiger partial charge is 0.185 e. The molecule has 2 rings (SSSR count). The lowest BCUT2D eigenvalue weighted by Gasteiger charge is -2.14. The van der Waals surface area contributed by atoms with Gasteiger partial charge in [-0.15, -0.1) is 11.3 Å². The highest BCUT2D eigenvalue weighted by molar-refractivity contribution is 7.15. The molecule has 0 atom stereocenters. The zero-order chi connectivity index (χ0) is 11.5. The maximum atomic E-state index is 4.73. The predicted molar refractivity (Wildman–Crippen MR) is 70.2 cm³/mol. The summed E-state index contributed by atoms with van der Waals surface area (Å²) in [6, 6.07) is 0. The summed E-state index contributed by atoms with van der Waals surface area (Å²) in [5.74, 6) is 0.923. The van der Waals surface area contributed by atoms with Crippen LogP contribution in [-0.4, -0.2) is 25.6 Å². The van der Waals surface area contributed by atoms with Crippen LogP contribution in [0.4, 0.5) is 5.13 Å². The largest absolute Gasteiger partial charge is 0.351 e. The second-order valence-electron chi connectivity index (χ2n) is 4.57. The fourth-order valence-corrected chi connectivity index (χ4v) is 3.00. The number of rotatable bonds is 6. The van der Waals surface area contributed by atoms with Crippen LogP contribution in [0, 0.1) is 5.92 Å². The summed E-state index contributed by atoms with van der Waals surface area (Å²) in [5.41, 5.74) is 1.26. The van der Waals surface area contributed by atoms with E-state index >= 15 is 0 Å². The molecule has 0 amide bonds. The Morgan fingerprint density at radius 3 is 2.81 bits per heavy atom. The van der Waals surface area contributed by atoms with Gasteiger partial charge in [0, 0.05) is 25.0 Å². The molecule has 1 N–H and O–H groups in total. The first-order valence-corrected chi connectivity index (χ1v) is 6.90. The fourth-order valence-electron chi connectivity index (χ4n) is 1.87. The molecule has 1 aliphatic rings. The van der Waals surface area contributed by atoms with Crippen molar-refractivity contribution in [1.82, 2.24) is 10.3 Å². The van der Waals surface area contributed by atoms with E-state index in [0.29, 0.717) is 0 Å². The number of aromatic nitrogens is 1. The highest BCUT2D eigenvalue weighted by atomic mass is 32.1. The second-order valence-corrected chi connectivity index (χ2v) is 5.64. The van der Waals surface area contributed by atoms with Gasteiger partial charge >= 0.3 is 0 Å². The quantitative estimate of drug-likeness (QED) is 0.825. The van der Waals surface area contributed by atoms with Crippen molar-refractivity contribution < 1.29 is 0 Å². The highest BCUT2D eigenvalue weighted by Gasteiger charge is 2.24. The predicted octanol–water partition coefficient (Wildman–Crippen LogP) is 2.27. The normalized spacial score (nSPS) is 15.4. The summed E-state index contributed by atoms with van der Waals surface area (Å²) >= 11 is 1.84. The number of hydrogen-bond acceptors (Lipinski definition) is 4. The van der Waals surface area contributed by atoms with Gasteiger partial charge in [-0.25, -0.2) is 4.98 Å². The zero-order valence-corrected chi connectivity index (χ0v) is 11.2. The van der Waals surface area contributed by atoms with Crippen LogP contribution in [0.5, 0.6) is 0 Å². The van der Waals surface area contributed by atoms with Crippen molar-refractivity contribution in [3.8, 4) is 0 Å². The maximum Gasteiger partial charge on any atom is 0.185 e. The van der Waals surface area contributed by atoms with Gasteiger partial charge in [0.2, 0.25) is 0 Å². The third-order valence-electron chi connectivity index (χ3n) is 2.99. The lowest BCUT2D eigenvalue weighted by Crippen LogP contribution is -2.19. The third-order valence-corrected chi connectivity index (χ3v) is 4.21. The van der Waals surface area contributed by atoms with E-state index in [2.05, 4.69) is 24.2 Å². The van der Waals surface area contributed by atoms with Gasteiger partial charge in [-0.1, -0.05) is 6.92 Å². The molecule has 0 radical (unpaired) electrons. The van der Waals surface area contributed by atoms with E-state index < -0.39 is 0 Å². The number of nitrogens with one attached hydrogen (secondary N) is 1. The molecule has 0 unspecified atom stereocenters. The van der Waals surface area contributed by atoms with Crippen molar-refractivity contribution in [3.63, 3.8) is 0 Å². The molecule has 90 valence electrons. The Kier molecular flexibility index (Phi) is 3.82. The summed E-state index contributed by atoms with van der Waals surface area (Å²) in [5, 5.41) is 4.40. The Morgan fingerprint density at radius 1 is 1.50 bits per heavy atom. The Labute approximate surface area is 102 Å². The summed E-state index contributed by atoms with van der Waals surface area (Å²) in [4.78, 5) is 8.44. The summed E-state index contributed by atoms with van der Waals surface area (Å²) in [6.45, 7) is 4.30. The first-order valence-electron chi connectivity index (χ1n) is 6.09. The average molecular weight is 239 g/mol. The summed E-state index contributed by atoms with van der Waals surface area (Å²) < 4.78 is 0. The Bertz CT molecular complexity index is 344. The second kappa shape index (κ2) is 5.15. The van der Waals surface area contributed by atoms with E-state index in [4.69, 9.17) is 4.98 Å². The standard InChI is InChI=1S/C12H21N3S/c1-4-10-11(7-13-2)16-12(14-10)15(3)8-9-5-6-9/h9,13H,4-8H2,1-3H3. The van der Waals surface area contributed by atoms with Crippen LogP contribution >= 0.6 is 11.3 Å². The molecule has 0 spiro atoms. The molecule has 1 aromatic heterocycles. The molecular formula is C12H21N3S. The summed E-state index contributed by atoms with van der Waals surface area (Å²) in [7, 11) is 4.16. The minimum atomic E-state index is 0.923. The van der Waals surface area contributed by atoms with Crippen molar-refractivity contribution >= 4 is 16.5 Å². The van der Waals surface area contributed by atoms with Gasteiger partial charge in [-0.05, 0) is 32.2 Å². The molecule has 0 saturated heterocycles. The molecular weight excluding hydrogens is 218 g/mol. The Balaban J connectivity index is 2.07. The Hall–Kier alpha value is -0.610. The van der Waals surface area contributed by atoms with Gasteiger partial charge in [0.25, 0.3) is 0 Å². The molecule has 0 bridgehead atoms. The Morgan fingerprint density at radius 2 is 2.25 bits per heavy atom. The maximum absolute atomic E-state index is 4.73. The lowest BCUT2D eigenvalue weighted by atomic mass is 10.3. The van der Waals surface area contributed by atoms with E-state index in [-0.39, 0.29) is 0 Å². The molecule has 1 heterocycles. The molecule has 1 saturated carbocycles. The number of thiazole rings is 1.